The Balaban J connectivity index is 0.000000182. The number of aliphatic hydroxyl groups is 2. The first-order valence-corrected chi connectivity index (χ1v) is 39.8. The van der Waals surface area contributed by atoms with Gasteiger partial charge in [-0.15, -0.1) is 0 Å². The number of nitrogens with zero attached hydrogens (tertiary/aromatic N) is 6. The highest BCUT2D eigenvalue weighted by Crippen LogP contribution is 2.68. The average molecular weight is 1530 g/mol. The number of hydrogen-bond donors (Lipinski definition) is 13. The molecule has 102 heavy (non-hydrogen) atoms. The molecule has 4 aliphatic heterocycles. The Morgan fingerprint density at radius 1 is 0.588 bits per heavy atom. The molecule has 0 radical (unpaired) electrons. The third-order valence-corrected chi connectivity index (χ3v) is 25.1. The largest absolute Gasteiger partial charge is 0.490 e. The minimum atomic E-state index is -5.77. The molecule has 42 heteroatoms. The number of hydrogen-bond acceptors (Lipinski definition) is 25. The van der Waals surface area contributed by atoms with Crippen LogP contribution < -0.4 is 36.5 Å². The molecule has 6 aromatic carbocycles. The molecule has 14 rings (SSSR count). The second-order valence-electron chi connectivity index (χ2n) is 24.6. The summed E-state index contributed by atoms with van der Waals surface area (Å²) in [5, 5.41) is 29.6. The number of allylic oxidation sites excluding steroid dienone is 2. The van der Waals surface area contributed by atoms with Gasteiger partial charge in [-0.2, -0.15) is 22.2 Å². The van der Waals surface area contributed by atoms with Crippen LogP contribution in [0.15, 0.2) is 113 Å². The Morgan fingerprint density at radius 3 is 1.58 bits per heavy atom. The van der Waals surface area contributed by atoms with E-state index in [4.69, 9.17) is 34.8 Å². The summed E-state index contributed by atoms with van der Waals surface area (Å²) in [5.41, 5.74) is 10.8. The zero-order valence-electron chi connectivity index (χ0n) is 53.3. The number of nitrogens with two attached hydrogens (primary N) is 1. The molecule has 2 aromatic heterocycles. The van der Waals surface area contributed by atoms with Crippen LogP contribution in [-0.2, 0) is 63.2 Å². The number of aromatic amines is 2. The minimum Gasteiger partial charge on any atom is -0.390 e. The first-order chi connectivity index (χ1) is 47.8. The molecule has 540 valence electrons. The lowest BCUT2D eigenvalue weighted by molar-refractivity contribution is -0.0216. The fraction of sp³-hybridized carbons (Fsp3) is 0.283. The number of fused-ring (bicyclic) bond motifs is 10. The number of phosphoric acid groups is 6. The van der Waals surface area contributed by atoms with E-state index in [1.165, 1.54) is 26.5 Å². The van der Waals surface area contributed by atoms with Crippen molar-refractivity contribution in [2.75, 3.05) is 51.9 Å². The summed E-state index contributed by atoms with van der Waals surface area (Å²) in [4.78, 5) is 134. The third kappa shape index (κ3) is 15.6. The number of H-pyrrole nitrogens is 2. The number of anilines is 5. The van der Waals surface area contributed by atoms with Crippen LogP contribution in [0.5, 0.6) is 0 Å². The summed E-state index contributed by atoms with van der Waals surface area (Å²) >= 11 is 0. The molecule has 0 spiro atoms. The quantitative estimate of drug-likeness (QED) is 0.0273. The molecule has 6 heterocycles. The lowest BCUT2D eigenvalue weighted by atomic mass is 9.94. The van der Waals surface area contributed by atoms with Crippen LogP contribution in [-0.4, -0.2) is 139 Å². The summed E-state index contributed by atoms with van der Waals surface area (Å²) in [6.45, 7) is 3.94. The fourth-order valence-electron chi connectivity index (χ4n) is 13.0. The van der Waals surface area contributed by atoms with E-state index in [1.54, 1.807) is 35.1 Å². The molecule has 2 aliphatic carbocycles. The van der Waals surface area contributed by atoms with Crippen LogP contribution in [0, 0.1) is 6.92 Å². The fourth-order valence-corrected chi connectivity index (χ4v) is 19.0. The third-order valence-electron chi connectivity index (χ3n) is 17.5. The molecule has 2 saturated heterocycles. The highest BCUT2D eigenvalue weighted by Gasteiger charge is 2.49. The van der Waals surface area contributed by atoms with E-state index in [0.717, 1.165) is 54.2 Å². The summed E-state index contributed by atoms with van der Waals surface area (Å²) in [6.07, 6.45) is 4.65. The van der Waals surface area contributed by atoms with Crippen molar-refractivity contribution < 1.29 is 117 Å². The molecular formula is C60H63N9O27P6. The number of nitrogen functional groups attached to an aromatic ring is 1. The molecule has 14 N–H and O–H groups in total. The van der Waals surface area contributed by atoms with Crippen LogP contribution in [0.2, 0.25) is 0 Å². The van der Waals surface area contributed by atoms with Crippen molar-refractivity contribution in [3.8, 4) is 0 Å². The predicted octanol–water partition coefficient (Wildman–Crippen LogP) is 7.62. The van der Waals surface area contributed by atoms with Gasteiger partial charge < -0.3 is 84.3 Å². The van der Waals surface area contributed by atoms with Gasteiger partial charge in [-0.3, -0.25) is 33.3 Å². The first-order valence-electron chi connectivity index (χ1n) is 30.7. The zero-order valence-corrected chi connectivity index (χ0v) is 58.6. The number of nitrogens with one attached hydrogen (secondary N) is 2. The number of amides is 1. The number of aromatic nitrogens is 4. The van der Waals surface area contributed by atoms with Crippen molar-refractivity contribution >= 4 is 143 Å². The Kier molecular flexibility index (Phi) is 19.5. The summed E-state index contributed by atoms with van der Waals surface area (Å²) in [5.74, 6) is 0.310. The summed E-state index contributed by atoms with van der Waals surface area (Å²) < 4.78 is 105. The molecular weight excluding hydrogens is 1460 g/mol. The molecule has 0 bridgehead atoms. The van der Waals surface area contributed by atoms with Crippen molar-refractivity contribution in [2.45, 2.75) is 82.3 Å². The number of aryl methyl sites for hydroxylation is 1. The lowest BCUT2D eigenvalue weighted by Crippen LogP contribution is -2.41. The Morgan fingerprint density at radius 2 is 1.05 bits per heavy atom. The van der Waals surface area contributed by atoms with Crippen molar-refractivity contribution in [3.63, 3.8) is 0 Å². The second-order valence-corrected chi connectivity index (χ2v) is 33.4. The van der Waals surface area contributed by atoms with E-state index in [1.807, 2.05) is 36.4 Å². The number of carbonyl (C=O) groups is 1. The van der Waals surface area contributed by atoms with Gasteiger partial charge in [-0.25, -0.2) is 32.4 Å². The standard InChI is InChI=1S/C31H33N4O13P3.C29H30N5O14P3/c1-17-3-5-21-12-22-8-7-20-6-4-19(11-24(20)25(22)13-23(17)21)9-10-34-16-35(30-29(34)31(37)33-18(2)32-30)28-14-26(36)27(46-28)15-45-50(41,42)48-51(43,44)47-49(38,39)40;1-14-2-3-16-8-17-6-4-15-5-7-18(9-20(15)21(17)10-19(14)16)28(37)34-13-33(26-25(34)27(36)32-29(30)31-26)24-11-22(35)23(46-24)12-45-50(41,42)48-51(43,44)47-49(38,39)40/h3-13,17,26-28,36H,14-16H2,1-2H3,(H,41,42)(H,43,44)(H,32,33,37)(H2,38,39,40);2-10,14,22-24,35H,11-13H2,1H3,(H,41,42)(H,43,44)(H2,38,39,40)(H3,30,31,32,36)/b10-9+;. The minimum absolute atomic E-state index is 0.0429. The van der Waals surface area contributed by atoms with E-state index >= 15 is 0 Å². The van der Waals surface area contributed by atoms with Crippen LogP contribution in [0.25, 0.3) is 61.3 Å². The molecule has 36 nitrogen and oxygen atoms in total. The topological polar surface area (TPSA) is 526 Å². The first kappa shape index (κ1) is 73.0. The van der Waals surface area contributed by atoms with Crippen molar-refractivity contribution in [1.82, 2.24) is 19.9 Å². The second kappa shape index (κ2) is 27.3. The van der Waals surface area contributed by atoms with Crippen LogP contribution in [0.4, 0.5) is 29.0 Å². The lowest BCUT2D eigenvalue weighted by Gasteiger charge is -2.26. The van der Waals surface area contributed by atoms with Crippen LogP contribution in [0.3, 0.4) is 0 Å². The van der Waals surface area contributed by atoms with Crippen LogP contribution >= 0.6 is 46.9 Å². The summed E-state index contributed by atoms with van der Waals surface area (Å²) in [7, 11) is -33.6. The van der Waals surface area contributed by atoms with Gasteiger partial charge in [-0.1, -0.05) is 80.6 Å². The number of aliphatic hydroxyl groups excluding tert-OH is 2. The van der Waals surface area contributed by atoms with E-state index in [-0.39, 0.29) is 66.6 Å². The maximum Gasteiger partial charge on any atom is 0.490 e. The van der Waals surface area contributed by atoms with Gasteiger partial charge in [0.25, 0.3) is 17.0 Å². The van der Waals surface area contributed by atoms with E-state index in [9.17, 15) is 71.6 Å². The zero-order chi connectivity index (χ0) is 73.1. The monoisotopic (exact) mass is 1530 g/mol. The van der Waals surface area contributed by atoms with Gasteiger partial charge >= 0.3 is 46.9 Å². The smallest absolute Gasteiger partial charge is 0.390 e. The predicted molar refractivity (Wildman–Crippen MR) is 368 cm³/mol. The Labute approximate surface area is 575 Å². The van der Waals surface area contributed by atoms with Gasteiger partial charge in [-0.05, 0) is 138 Å². The molecule has 2 fully saturated rings. The molecule has 1 amide bonds. The molecule has 12 atom stereocenters. The Bertz CT molecular complexity index is 5320. The van der Waals surface area contributed by atoms with E-state index < -0.39 is 114 Å². The molecule has 8 aromatic rings. The normalized spacial score (nSPS) is 23.9. The highest BCUT2D eigenvalue weighted by molar-refractivity contribution is 7.67. The number of phosphoric ester groups is 2. The molecule has 6 aliphatic rings. The number of benzene rings is 6. The SMILES string of the molecule is CC1C=Cc2cc3ccc4ccc(C(=O)N5CN(C6CC(O)C(COP(=O)(O)OP(=O)(O)OP(=O)(O)O)O6)c6nc(N)[nH]c(=O)c65)cc4c3cc21.Cc1nc2c(c(=O)[nH]1)N(/C=C/c1ccc3ccc4cc5c(cc4c3c1)C(C)C=C5)CN2C1CC(O)C(COP(=O)(O)OP(=O)(O)OP(=O)(O)O)O1. The van der Waals surface area contributed by atoms with Crippen molar-refractivity contribution in [2.24, 2.45) is 0 Å². The molecule has 0 saturated carbocycles. The van der Waals surface area contributed by atoms with Gasteiger partial charge in [0, 0.05) is 24.6 Å². The number of carbonyl (C=O) groups excluding carboxylic acids is 1. The van der Waals surface area contributed by atoms with Gasteiger partial charge in [0.1, 0.15) is 37.2 Å². The highest BCUT2D eigenvalue weighted by atomic mass is 31.3. The maximum atomic E-state index is 14.2. The van der Waals surface area contributed by atoms with Gasteiger partial charge in [0.05, 0.1) is 32.1 Å². The van der Waals surface area contributed by atoms with Crippen molar-refractivity contribution in [1.29, 1.82) is 0 Å². The average Bonchev–Trinajstić information content (AvgIpc) is 1.17. The van der Waals surface area contributed by atoms with Crippen molar-refractivity contribution in [3.05, 3.63) is 163 Å². The Hall–Kier alpha value is -7.33. The van der Waals surface area contributed by atoms with Gasteiger partial charge in [0.2, 0.25) is 5.95 Å². The number of ether oxygens (including phenoxy) is 2. The molecule has 12 unspecified atom stereocenters. The summed E-state index contributed by atoms with van der Waals surface area (Å²) in [6, 6.07) is 28.2. The van der Waals surface area contributed by atoms with E-state index in [2.05, 4.69) is 127 Å². The maximum absolute atomic E-state index is 14.2. The van der Waals surface area contributed by atoms with Gasteiger partial charge in [0.15, 0.2) is 23.0 Å². The van der Waals surface area contributed by atoms with E-state index in [0.29, 0.717) is 11.7 Å². The number of rotatable bonds is 19. The van der Waals surface area contributed by atoms with Crippen LogP contribution in [0.1, 0.15) is 82.5 Å².